The zero-order chi connectivity index (χ0) is 18.9. The molecule has 1 saturated heterocycles. The van der Waals surface area contributed by atoms with Gasteiger partial charge in [-0.2, -0.15) is 0 Å². The molecule has 4 heterocycles. The summed E-state index contributed by atoms with van der Waals surface area (Å²) in [6.45, 7) is 2.69. The van der Waals surface area contributed by atoms with Crippen LogP contribution in [0.5, 0.6) is 0 Å². The quantitative estimate of drug-likeness (QED) is 0.678. The zero-order valence-corrected chi connectivity index (χ0v) is 16.3. The minimum absolute atomic E-state index is 0.00452. The molecule has 0 spiro atoms. The minimum atomic E-state index is -3.63. The number of rotatable bonds is 6. The highest BCUT2D eigenvalue weighted by molar-refractivity contribution is 7.91. The number of aryl methyl sites for hydroxylation is 1. The van der Waals surface area contributed by atoms with E-state index in [1.54, 1.807) is 24.5 Å². The van der Waals surface area contributed by atoms with Gasteiger partial charge in [-0.05, 0) is 25.1 Å². The van der Waals surface area contributed by atoms with Crippen molar-refractivity contribution >= 4 is 21.4 Å². The minimum Gasteiger partial charge on any atom is -0.379 e. The molecule has 0 bridgehead atoms. The first-order chi connectivity index (χ1) is 13.0. The number of hydrogen-bond acceptors (Lipinski definition) is 7. The number of nitrogens with zero attached hydrogens (tertiary/aromatic N) is 2. The maximum absolute atomic E-state index is 12.8. The van der Waals surface area contributed by atoms with Crippen LogP contribution in [0.3, 0.4) is 0 Å². The zero-order valence-electron chi connectivity index (χ0n) is 14.7. The van der Waals surface area contributed by atoms with Gasteiger partial charge in [-0.3, -0.25) is 4.98 Å². The Morgan fingerprint density at radius 2 is 2.19 bits per heavy atom. The van der Waals surface area contributed by atoms with E-state index >= 15 is 0 Å². The average Bonchev–Trinajstić information content (AvgIpc) is 3.38. The van der Waals surface area contributed by atoms with Crippen LogP contribution in [-0.4, -0.2) is 37.8 Å². The highest BCUT2D eigenvalue weighted by atomic mass is 32.2. The Morgan fingerprint density at radius 3 is 2.93 bits per heavy atom. The third-order valence-electron chi connectivity index (χ3n) is 4.44. The monoisotopic (exact) mass is 405 g/mol. The molecule has 0 aromatic carbocycles. The van der Waals surface area contributed by atoms with Crippen molar-refractivity contribution < 1.29 is 17.7 Å². The molecule has 9 heteroatoms. The molecule has 27 heavy (non-hydrogen) atoms. The van der Waals surface area contributed by atoms with Gasteiger partial charge >= 0.3 is 0 Å². The standard InChI is InChI=1S/C18H19N3O4S2/c1-12-7-15(25-20-12)8-14-10-24-11-16(14)21-27(22,23)18-5-4-17(26-18)13-3-2-6-19-9-13/h2-7,9,14,16,21H,8,10-11H2,1H3/t14-,16+/m1/s1. The molecule has 3 aromatic heterocycles. The number of pyridine rings is 1. The molecule has 4 rings (SSSR count). The molecule has 0 unspecified atom stereocenters. The van der Waals surface area contributed by atoms with Crippen LogP contribution in [0.1, 0.15) is 11.5 Å². The Hall–Kier alpha value is -2.07. The van der Waals surface area contributed by atoms with Gasteiger partial charge in [0.1, 0.15) is 9.97 Å². The van der Waals surface area contributed by atoms with Crippen LogP contribution in [0.25, 0.3) is 10.4 Å². The molecule has 7 nitrogen and oxygen atoms in total. The van der Waals surface area contributed by atoms with E-state index in [1.807, 2.05) is 25.1 Å². The molecule has 142 valence electrons. The van der Waals surface area contributed by atoms with E-state index in [-0.39, 0.29) is 16.2 Å². The van der Waals surface area contributed by atoms with Crippen molar-refractivity contribution in [3.63, 3.8) is 0 Å². The summed E-state index contributed by atoms with van der Waals surface area (Å²) in [5.74, 6) is 0.743. The topological polar surface area (TPSA) is 94.3 Å². The number of hydrogen-bond donors (Lipinski definition) is 1. The maximum atomic E-state index is 12.8. The molecule has 0 saturated carbocycles. The van der Waals surface area contributed by atoms with Gasteiger partial charge in [0.15, 0.2) is 0 Å². The molecule has 0 radical (unpaired) electrons. The van der Waals surface area contributed by atoms with Gasteiger partial charge in [0, 0.05) is 41.2 Å². The lowest BCUT2D eigenvalue weighted by Crippen LogP contribution is -2.40. The van der Waals surface area contributed by atoms with Crippen molar-refractivity contribution in [2.24, 2.45) is 5.92 Å². The predicted octanol–water partition coefficient (Wildman–Crippen LogP) is 2.64. The van der Waals surface area contributed by atoms with Crippen LogP contribution >= 0.6 is 11.3 Å². The predicted molar refractivity (Wildman–Crippen MR) is 101 cm³/mol. The summed E-state index contributed by atoms with van der Waals surface area (Å²) >= 11 is 1.23. The highest BCUT2D eigenvalue weighted by Gasteiger charge is 2.33. The summed E-state index contributed by atoms with van der Waals surface area (Å²) < 4.78 is 39.5. The largest absolute Gasteiger partial charge is 0.379 e. The second kappa shape index (κ2) is 7.51. The van der Waals surface area contributed by atoms with Crippen LogP contribution in [0, 0.1) is 12.8 Å². The number of ether oxygens (including phenoxy) is 1. The fourth-order valence-electron chi connectivity index (χ4n) is 3.09. The number of sulfonamides is 1. The van der Waals surface area contributed by atoms with Crippen molar-refractivity contribution in [1.29, 1.82) is 0 Å². The first-order valence-electron chi connectivity index (χ1n) is 8.54. The molecule has 2 atom stereocenters. The summed E-state index contributed by atoms with van der Waals surface area (Å²) in [7, 11) is -3.63. The molecule has 0 aliphatic carbocycles. The summed E-state index contributed by atoms with van der Waals surface area (Å²) in [6.07, 6.45) is 3.99. The van der Waals surface area contributed by atoms with Crippen molar-refractivity contribution in [2.45, 2.75) is 23.6 Å². The van der Waals surface area contributed by atoms with E-state index in [0.717, 1.165) is 21.9 Å². The summed E-state index contributed by atoms with van der Waals surface area (Å²) in [5, 5.41) is 3.88. The van der Waals surface area contributed by atoms with Crippen LogP contribution in [0.2, 0.25) is 0 Å². The first kappa shape index (κ1) is 18.3. The SMILES string of the molecule is Cc1cc(C[C@@H]2COC[C@@H]2NS(=O)(=O)c2ccc(-c3cccnc3)s2)on1. The molecule has 1 N–H and O–H groups in total. The van der Waals surface area contributed by atoms with E-state index in [4.69, 9.17) is 9.26 Å². The first-order valence-corrected chi connectivity index (χ1v) is 10.8. The Morgan fingerprint density at radius 1 is 1.30 bits per heavy atom. The van der Waals surface area contributed by atoms with E-state index in [1.165, 1.54) is 11.3 Å². The normalized spacial score (nSPS) is 20.2. The highest BCUT2D eigenvalue weighted by Crippen LogP contribution is 2.31. The molecule has 0 amide bonds. The lowest BCUT2D eigenvalue weighted by atomic mass is 9.99. The fourth-order valence-corrected chi connectivity index (χ4v) is 5.69. The van der Waals surface area contributed by atoms with Crippen LogP contribution in [-0.2, 0) is 21.2 Å². The van der Waals surface area contributed by atoms with Gasteiger partial charge in [-0.1, -0.05) is 11.2 Å². The molecular formula is C18H19N3O4S2. The van der Waals surface area contributed by atoms with E-state index < -0.39 is 10.0 Å². The Labute approximate surface area is 161 Å². The number of thiophene rings is 1. The number of nitrogens with one attached hydrogen (secondary N) is 1. The van der Waals surface area contributed by atoms with E-state index in [2.05, 4.69) is 14.9 Å². The van der Waals surface area contributed by atoms with Gasteiger partial charge in [0.2, 0.25) is 10.0 Å². The molecule has 1 aliphatic heterocycles. The fraction of sp³-hybridized carbons (Fsp3) is 0.333. The summed E-state index contributed by atoms with van der Waals surface area (Å²) in [5.41, 5.74) is 1.70. The van der Waals surface area contributed by atoms with Crippen LogP contribution in [0.15, 0.2) is 51.5 Å². The van der Waals surface area contributed by atoms with Gasteiger partial charge in [-0.15, -0.1) is 11.3 Å². The van der Waals surface area contributed by atoms with Crippen molar-refractivity contribution in [3.05, 3.63) is 54.2 Å². The van der Waals surface area contributed by atoms with Gasteiger partial charge < -0.3 is 9.26 Å². The van der Waals surface area contributed by atoms with Gasteiger partial charge in [0.05, 0.1) is 24.9 Å². The van der Waals surface area contributed by atoms with Crippen LogP contribution < -0.4 is 4.72 Å². The molecule has 3 aromatic rings. The Balaban J connectivity index is 1.48. The summed E-state index contributed by atoms with van der Waals surface area (Å²) in [6, 6.07) is 8.72. The second-order valence-corrected chi connectivity index (χ2v) is 9.55. The third kappa shape index (κ3) is 4.11. The molecule has 1 fully saturated rings. The molecular weight excluding hydrogens is 386 g/mol. The number of aromatic nitrogens is 2. The summed E-state index contributed by atoms with van der Waals surface area (Å²) in [4.78, 5) is 4.94. The Kier molecular flexibility index (Phi) is 5.09. The lowest BCUT2D eigenvalue weighted by Gasteiger charge is -2.17. The third-order valence-corrected chi connectivity index (χ3v) is 7.55. The molecule has 1 aliphatic rings. The lowest BCUT2D eigenvalue weighted by molar-refractivity contribution is 0.182. The van der Waals surface area contributed by atoms with E-state index in [0.29, 0.717) is 19.6 Å². The average molecular weight is 406 g/mol. The van der Waals surface area contributed by atoms with E-state index in [9.17, 15) is 8.42 Å². The van der Waals surface area contributed by atoms with Gasteiger partial charge in [0.25, 0.3) is 0 Å². The van der Waals surface area contributed by atoms with Gasteiger partial charge in [-0.25, -0.2) is 13.1 Å². The van der Waals surface area contributed by atoms with Crippen molar-refractivity contribution in [1.82, 2.24) is 14.9 Å². The van der Waals surface area contributed by atoms with Crippen molar-refractivity contribution in [3.8, 4) is 10.4 Å². The smallest absolute Gasteiger partial charge is 0.250 e. The maximum Gasteiger partial charge on any atom is 0.250 e. The second-order valence-electron chi connectivity index (χ2n) is 6.52. The van der Waals surface area contributed by atoms with Crippen LogP contribution in [0.4, 0.5) is 0 Å². The van der Waals surface area contributed by atoms with Crippen molar-refractivity contribution in [2.75, 3.05) is 13.2 Å². The Bertz CT molecular complexity index is 1010.